The molecule has 3 aromatic rings. The third-order valence-electron chi connectivity index (χ3n) is 5.34. The summed E-state index contributed by atoms with van der Waals surface area (Å²) in [7, 11) is 0. The van der Waals surface area contributed by atoms with Crippen LogP contribution in [0.25, 0.3) is 0 Å². The van der Waals surface area contributed by atoms with E-state index in [-0.39, 0.29) is 22.8 Å². The summed E-state index contributed by atoms with van der Waals surface area (Å²) >= 11 is 0. The van der Waals surface area contributed by atoms with Crippen molar-refractivity contribution < 1.29 is 9.90 Å². The van der Waals surface area contributed by atoms with Crippen molar-refractivity contribution >= 4 is 11.6 Å². The van der Waals surface area contributed by atoms with Crippen LogP contribution in [0.1, 0.15) is 51.1 Å². The number of aromatic nitrogens is 2. The zero-order valence-corrected chi connectivity index (χ0v) is 16.3. The van der Waals surface area contributed by atoms with Crippen LogP contribution < -0.4 is 10.9 Å². The van der Waals surface area contributed by atoms with Crippen LogP contribution in [0.3, 0.4) is 0 Å². The Morgan fingerprint density at radius 3 is 2.72 bits per heavy atom. The molecule has 0 aliphatic heterocycles. The van der Waals surface area contributed by atoms with Gasteiger partial charge in [-0.2, -0.15) is 5.10 Å². The summed E-state index contributed by atoms with van der Waals surface area (Å²) in [5.74, 6) is -0.401. The number of hydrogen-bond acceptors (Lipinski definition) is 4. The summed E-state index contributed by atoms with van der Waals surface area (Å²) in [6.45, 7) is 1.86. The average molecular weight is 389 g/mol. The molecule has 1 amide bonds. The molecule has 29 heavy (non-hydrogen) atoms. The molecule has 1 aliphatic carbocycles. The molecule has 0 saturated carbocycles. The van der Waals surface area contributed by atoms with Gasteiger partial charge in [0.1, 0.15) is 5.75 Å². The number of nitrogens with zero attached hydrogens (tertiary/aromatic N) is 1. The van der Waals surface area contributed by atoms with Crippen LogP contribution in [0.15, 0.2) is 47.3 Å². The van der Waals surface area contributed by atoms with Crippen LogP contribution in [0, 0.1) is 6.92 Å². The van der Waals surface area contributed by atoms with Crippen molar-refractivity contribution in [3.8, 4) is 5.75 Å². The Bertz CT molecular complexity index is 1130. The van der Waals surface area contributed by atoms with E-state index in [1.165, 1.54) is 0 Å². The molecule has 6 heteroatoms. The van der Waals surface area contributed by atoms with Gasteiger partial charge >= 0.3 is 0 Å². The molecule has 1 aliphatic rings. The molecule has 6 nitrogen and oxygen atoms in total. The second kappa shape index (κ2) is 7.91. The van der Waals surface area contributed by atoms with Gasteiger partial charge in [0.05, 0.1) is 11.3 Å². The number of phenolic OH excluding ortho intramolecular Hbond substituents is 1. The third kappa shape index (κ3) is 4.06. The molecule has 1 aromatic heterocycles. The number of anilines is 1. The van der Waals surface area contributed by atoms with Crippen molar-refractivity contribution in [3.05, 3.63) is 86.3 Å². The number of aromatic amines is 1. The Labute approximate surface area is 168 Å². The second-order valence-electron chi connectivity index (χ2n) is 7.52. The molecule has 4 rings (SSSR count). The Hall–Kier alpha value is -3.41. The highest BCUT2D eigenvalue weighted by Gasteiger charge is 2.18. The normalized spacial score (nSPS) is 13.0. The van der Waals surface area contributed by atoms with E-state index in [0.29, 0.717) is 12.1 Å². The van der Waals surface area contributed by atoms with Crippen molar-refractivity contribution in [1.29, 1.82) is 0 Å². The zero-order chi connectivity index (χ0) is 20.4. The smallest absolute Gasteiger partial charge is 0.267 e. The van der Waals surface area contributed by atoms with Crippen LogP contribution in [0.4, 0.5) is 5.69 Å². The first-order valence-electron chi connectivity index (χ1n) is 9.80. The number of amides is 1. The van der Waals surface area contributed by atoms with Gasteiger partial charge in [-0.1, -0.05) is 18.2 Å². The number of hydrogen-bond donors (Lipinski definition) is 3. The zero-order valence-electron chi connectivity index (χ0n) is 16.3. The number of H-pyrrole nitrogens is 1. The summed E-state index contributed by atoms with van der Waals surface area (Å²) in [6.07, 6.45) is 4.37. The van der Waals surface area contributed by atoms with Crippen molar-refractivity contribution in [1.82, 2.24) is 10.2 Å². The number of carbonyl (C=O) groups is 1. The number of benzene rings is 2. The summed E-state index contributed by atoms with van der Waals surface area (Å²) in [4.78, 5) is 24.6. The minimum Gasteiger partial charge on any atom is -0.507 e. The highest BCUT2D eigenvalue weighted by molar-refractivity contribution is 6.06. The lowest BCUT2D eigenvalue weighted by Crippen LogP contribution is -2.23. The fraction of sp³-hybridized carbons (Fsp3) is 0.261. The Morgan fingerprint density at radius 1 is 1.14 bits per heavy atom. The molecule has 0 atom stereocenters. The maximum absolute atomic E-state index is 12.5. The number of nitrogens with one attached hydrogen (secondary N) is 2. The van der Waals surface area contributed by atoms with E-state index in [9.17, 15) is 14.7 Å². The Balaban J connectivity index is 1.55. The molecular formula is C23H23N3O3. The number of aryl methyl sites for hydroxylation is 1. The molecule has 0 unspecified atom stereocenters. The van der Waals surface area contributed by atoms with Gasteiger partial charge in [-0.15, -0.1) is 0 Å². The minimum absolute atomic E-state index is 0.0391. The number of aromatic hydroxyl groups is 1. The first-order chi connectivity index (χ1) is 14.0. The maximum atomic E-state index is 12.5. The van der Waals surface area contributed by atoms with Crippen LogP contribution in [-0.2, 0) is 19.3 Å². The fourth-order valence-corrected chi connectivity index (χ4v) is 3.86. The van der Waals surface area contributed by atoms with Gasteiger partial charge in [-0.3, -0.25) is 9.59 Å². The molecule has 0 bridgehead atoms. The lowest BCUT2D eigenvalue weighted by molar-refractivity contribution is 0.102. The van der Waals surface area contributed by atoms with E-state index in [1.807, 2.05) is 31.2 Å². The van der Waals surface area contributed by atoms with Crippen LogP contribution in [-0.4, -0.2) is 21.2 Å². The van der Waals surface area contributed by atoms with Gasteiger partial charge in [-0.05, 0) is 73.6 Å². The molecule has 0 saturated heterocycles. The molecule has 2 aromatic carbocycles. The standard InChI is InChI=1S/C23H23N3O3/c1-14-9-10-19(21(27)11-14)22(28)24-16-6-4-5-15(12-16)13-20-17-7-2-3-8-18(17)23(29)26-25-20/h4-6,9-12,27H,2-3,7-8,13H2,1H3,(H,24,28)(H,26,29). The molecule has 0 spiro atoms. The molecule has 1 heterocycles. The van der Waals surface area contributed by atoms with Crippen molar-refractivity contribution in [2.24, 2.45) is 0 Å². The highest BCUT2D eigenvalue weighted by Crippen LogP contribution is 2.24. The molecule has 0 fully saturated rings. The van der Waals surface area contributed by atoms with E-state index in [2.05, 4.69) is 15.5 Å². The van der Waals surface area contributed by atoms with Crippen molar-refractivity contribution in [3.63, 3.8) is 0 Å². The van der Waals surface area contributed by atoms with Crippen LogP contribution in [0.2, 0.25) is 0 Å². The predicted molar refractivity (Wildman–Crippen MR) is 112 cm³/mol. The van der Waals surface area contributed by atoms with Gasteiger partial charge in [0.2, 0.25) is 0 Å². The first-order valence-corrected chi connectivity index (χ1v) is 9.80. The third-order valence-corrected chi connectivity index (χ3v) is 5.34. The van der Waals surface area contributed by atoms with E-state index in [1.54, 1.807) is 18.2 Å². The number of fused-ring (bicyclic) bond motifs is 1. The first kappa shape index (κ1) is 18.9. The maximum Gasteiger partial charge on any atom is 0.267 e. The number of carbonyl (C=O) groups excluding carboxylic acids is 1. The highest BCUT2D eigenvalue weighted by atomic mass is 16.3. The average Bonchev–Trinajstić information content (AvgIpc) is 2.70. The van der Waals surface area contributed by atoms with Gasteiger partial charge in [0.25, 0.3) is 11.5 Å². The van der Waals surface area contributed by atoms with Gasteiger partial charge < -0.3 is 10.4 Å². The summed E-state index contributed by atoms with van der Waals surface area (Å²) in [6, 6.07) is 12.5. The minimum atomic E-state index is -0.362. The second-order valence-corrected chi connectivity index (χ2v) is 7.52. The predicted octanol–water partition coefficient (Wildman–Crippen LogP) is 3.51. The van der Waals surface area contributed by atoms with Crippen LogP contribution >= 0.6 is 0 Å². The van der Waals surface area contributed by atoms with Crippen molar-refractivity contribution in [2.75, 3.05) is 5.32 Å². The van der Waals surface area contributed by atoms with E-state index < -0.39 is 0 Å². The van der Waals surface area contributed by atoms with E-state index >= 15 is 0 Å². The summed E-state index contributed by atoms with van der Waals surface area (Å²) in [5.41, 5.74) is 5.49. The molecule has 3 N–H and O–H groups in total. The van der Waals surface area contributed by atoms with E-state index in [0.717, 1.165) is 53.6 Å². The summed E-state index contributed by atoms with van der Waals surface area (Å²) in [5, 5.41) is 19.8. The van der Waals surface area contributed by atoms with Crippen molar-refractivity contribution in [2.45, 2.75) is 39.0 Å². The lowest BCUT2D eigenvalue weighted by atomic mass is 9.90. The molecular weight excluding hydrogens is 366 g/mol. The number of phenols is 1. The summed E-state index contributed by atoms with van der Waals surface area (Å²) < 4.78 is 0. The molecule has 0 radical (unpaired) electrons. The van der Waals surface area contributed by atoms with Gasteiger partial charge in [0.15, 0.2) is 0 Å². The lowest BCUT2D eigenvalue weighted by Gasteiger charge is -2.17. The fourth-order valence-electron chi connectivity index (χ4n) is 3.86. The van der Waals surface area contributed by atoms with Crippen LogP contribution in [0.5, 0.6) is 5.75 Å². The topological polar surface area (TPSA) is 95.1 Å². The quantitative estimate of drug-likeness (QED) is 0.636. The number of rotatable bonds is 4. The SMILES string of the molecule is Cc1ccc(C(=O)Nc2cccc(Cc3n[nH]c(=O)c4c3CCCC4)c2)c(O)c1. The van der Waals surface area contributed by atoms with E-state index in [4.69, 9.17) is 0 Å². The van der Waals surface area contributed by atoms with Gasteiger partial charge in [-0.25, -0.2) is 5.10 Å². The van der Waals surface area contributed by atoms with Gasteiger partial charge in [0, 0.05) is 17.7 Å². The Kier molecular flexibility index (Phi) is 5.16. The monoisotopic (exact) mass is 389 g/mol. The largest absolute Gasteiger partial charge is 0.507 e. The Morgan fingerprint density at radius 2 is 1.93 bits per heavy atom. The molecule has 148 valence electrons.